The van der Waals surface area contributed by atoms with Gasteiger partial charge in [0.2, 0.25) is 0 Å². The van der Waals surface area contributed by atoms with Crippen LogP contribution in [0.15, 0.2) is 30.6 Å². The van der Waals surface area contributed by atoms with E-state index in [1.54, 1.807) is 24.3 Å². The average Bonchev–Trinajstić information content (AvgIpc) is 2.66. The summed E-state index contributed by atoms with van der Waals surface area (Å²) in [5.74, 6) is -1.19. The molecule has 3 nitrogen and oxygen atoms in total. The van der Waals surface area contributed by atoms with Crippen LogP contribution in [0.1, 0.15) is 5.82 Å². The van der Waals surface area contributed by atoms with Gasteiger partial charge in [0.1, 0.15) is 6.33 Å². The third kappa shape index (κ3) is 2.01. The van der Waals surface area contributed by atoms with Crippen LogP contribution >= 0.6 is 11.6 Å². The van der Waals surface area contributed by atoms with Crippen LogP contribution in [0.25, 0.3) is 5.69 Å². The second-order valence-electron chi connectivity index (χ2n) is 2.96. The fourth-order valence-electron chi connectivity index (χ4n) is 1.15. The molecule has 0 amide bonds. The van der Waals surface area contributed by atoms with Crippen molar-refractivity contribution in [3.63, 3.8) is 0 Å². The largest absolute Gasteiger partial charge is 0.453 e. The topological polar surface area (TPSA) is 30.7 Å². The fraction of sp³-hybridized carbons (Fsp3) is 0.111. The number of benzene rings is 1. The van der Waals surface area contributed by atoms with Crippen LogP contribution in [-0.2, 0) is 6.18 Å². The van der Waals surface area contributed by atoms with E-state index in [0.717, 1.165) is 11.0 Å². The lowest BCUT2D eigenvalue weighted by Crippen LogP contribution is -2.08. The summed E-state index contributed by atoms with van der Waals surface area (Å²) in [5.41, 5.74) is 0.354. The van der Waals surface area contributed by atoms with E-state index >= 15 is 0 Å². The van der Waals surface area contributed by atoms with Gasteiger partial charge in [0, 0.05) is 0 Å². The number of rotatable bonds is 1. The molecule has 2 rings (SSSR count). The van der Waals surface area contributed by atoms with Crippen LogP contribution in [0.2, 0.25) is 5.02 Å². The van der Waals surface area contributed by atoms with E-state index in [9.17, 15) is 13.2 Å². The molecule has 0 spiro atoms. The molecule has 0 saturated heterocycles. The number of halogens is 4. The molecule has 0 aliphatic rings. The number of alkyl halides is 3. The summed E-state index contributed by atoms with van der Waals surface area (Å²) >= 11 is 5.81. The van der Waals surface area contributed by atoms with Crippen LogP contribution in [0.4, 0.5) is 13.2 Å². The van der Waals surface area contributed by atoms with E-state index in [4.69, 9.17) is 11.6 Å². The highest BCUT2D eigenvalue weighted by atomic mass is 35.5. The Hall–Kier alpha value is -1.56. The van der Waals surface area contributed by atoms with E-state index in [1.807, 2.05) is 0 Å². The first-order valence-corrected chi connectivity index (χ1v) is 4.60. The van der Waals surface area contributed by atoms with Crippen molar-refractivity contribution in [2.24, 2.45) is 0 Å². The highest BCUT2D eigenvalue weighted by Crippen LogP contribution is 2.26. The Morgan fingerprint density at radius 2 is 1.88 bits per heavy atom. The van der Waals surface area contributed by atoms with Gasteiger partial charge in [0.25, 0.3) is 5.82 Å². The van der Waals surface area contributed by atoms with Gasteiger partial charge in [-0.3, -0.25) is 0 Å². The van der Waals surface area contributed by atoms with Gasteiger partial charge in [-0.05, 0) is 12.1 Å². The maximum absolute atomic E-state index is 12.2. The van der Waals surface area contributed by atoms with Crippen LogP contribution in [0, 0.1) is 0 Å². The zero-order valence-electron chi connectivity index (χ0n) is 7.74. The smallest absolute Gasteiger partial charge is 0.219 e. The van der Waals surface area contributed by atoms with Gasteiger partial charge in [-0.25, -0.2) is 9.67 Å². The Labute approximate surface area is 93.5 Å². The first-order chi connectivity index (χ1) is 7.48. The second kappa shape index (κ2) is 3.79. The highest BCUT2D eigenvalue weighted by Gasteiger charge is 2.35. The predicted octanol–water partition coefficient (Wildman–Crippen LogP) is 2.94. The molecule has 1 heterocycles. The summed E-state index contributed by atoms with van der Waals surface area (Å²) in [7, 11) is 0. The Kier molecular flexibility index (Phi) is 2.59. The molecule has 0 aliphatic heterocycles. The second-order valence-corrected chi connectivity index (χ2v) is 3.37. The lowest BCUT2D eigenvalue weighted by molar-refractivity contribution is -0.144. The first kappa shape index (κ1) is 10.9. The maximum atomic E-state index is 12.2. The van der Waals surface area contributed by atoms with Crippen LogP contribution in [0.3, 0.4) is 0 Å². The summed E-state index contributed by atoms with van der Waals surface area (Å²) in [4.78, 5) is 3.17. The molecule has 0 unspecified atom stereocenters. The van der Waals surface area contributed by atoms with Gasteiger partial charge in [-0.15, -0.1) is 5.10 Å². The molecule has 0 bridgehead atoms. The molecule has 0 saturated carbocycles. The van der Waals surface area contributed by atoms with E-state index in [2.05, 4.69) is 10.1 Å². The zero-order valence-corrected chi connectivity index (χ0v) is 8.50. The summed E-state index contributed by atoms with van der Waals surface area (Å²) < 4.78 is 37.7. The molecule has 0 fully saturated rings. The van der Waals surface area contributed by atoms with E-state index in [1.165, 1.54) is 0 Å². The minimum Gasteiger partial charge on any atom is -0.219 e. The van der Waals surface area contributed by atoms with Crippen molar-refractivity contribution in [2.75, 3.05) is 0 Å². The Morgan fingerprint density at radius 1 is 1.19 bits per heavy atom. The highest BCUT2D eigenvalue weighted by molar-refractivity contribution is 6.32. The van der Waals surface area contributed by atoms with Crippen molar-refractivity contribution in [2.45, 2.75) is 6.18 Å². The van der Waals surface area contributed by atoms with Gasteiger partial charge < -0.3 is 0 Å². The molecule has 0 radical (unpaired) electrons. The molecular weight excluding hydrogens is 243 g/mol. The molecule has 1 aromatic heterocycles. The number of hydrogen-bond donors (Lipinski definition) is 0. The fourth-order valence-corrected chi connectivity index (χ4v) is 1.37. The molecule has 1 aromatic carbocycles. The van der Waals surface area contributed by atoms with E-state index in [0.29, 0.717) is 10.7 Å². The minimum atomic E-state index is -4.55. The van der Waals surface area contributed by atoms with Gasteiger partial charge in [-0.2, -0.15) is 13.2 Å². The molecular formula is C9H5ClF3N3. The third-order valence-corrected chi connectivity index (χ3v) is 2.16. The molecule has 2 aromatic rings. The van der Waals surface area contributed by atoms with Crippen molar-refractivity contribution in [3.05, 3.63) is 41.4 Å². The summed E-state index contributed by atoms with van der Waals surface area (Å²) in [5, 5.41) is 3.62. The van der Waals surface area contributed by atoms with Gasteiger partial charge >= 0.3 is 6.18 Å². The molecule has 0 N–H and O–H groups in total. The Morgan fingerprint density at radius 3 is 2.44 bits per heavy atom. The Balaban J connectivity index is 2.44. The van der Waals surface area contributed by atoms with Crippen LogP contribution in [0.5, 0.6) is 0 Å². The SMILES string of the molecule is FC(F)(F)c1ncn(-c2ccccc2Cl)n1. The van der Waals surface area contributed by atoms with Gasteiger partial charge in [0.15, 0.2) is 0 Å². The van der Waals surface area contributed by atoms with Crippen molar-refractivity contribution in [1.29, 1.82) is 0 Å². The van der Waals surface area contributed by atoms with Crippen molar-refractivity contribution in [1.82, 2.24) is 14.8 Å². The summed E-state index contributed by atoms with van der Waals surface area (Å²) in [6.07, 6.45) is -3.57. The van der Waals surface area contributed by atoms with Crippen molar-refractivity contribution in [3.8, 4) is 5.69 Å². The van der Waals surface area contributed by atoms with Gasteiger partial charge in [-0.1, -0.05) is 23.7 Å². The normalized spacial score (nSPS) is 11.8. The summed E-state index contributed by atoms with van der Waals surface area (Å²) in [6.45, 7) is 0. The van der Waals surface area contributed by atoms with Crippen LogP contribution < -0.4 is 0 Å². The number of nitrogens with zero attached hydrogens (tertiary/aromatic N) is 3. The summed E-state index contributed by atoms with van der Waals surface area (Å²) in [6, 6.07) is 6.44. The predicted molar refractivity (Wildman–Crippen MR) is 51.4 cm³/mol. The standard InChI is InChI=1S/C9H5ClF3N3/c10-6-3-1-2-4-7(6)16-5-14-8(15-16)9(11,12)13/h1-5H. The maximum Gasteiger partial charge on any atom is 0.453 e. The number of aromatic nitrogens is 3. The monoisotopic (exact) mass is 247 g/mol. The Bertz CT molecular complexity index is 507. The number of para-hydroxylation sites is 1. The van der Waals surface area contributed by atoms with Crippen LogP contribution in [-0.4, -0.2) is 14.8 Å². The van der Waals surface area contributed by atoms with E-state index in [-0.39, 0.29) is 0 Å². The quantitative estimate of drug-likeness (QED) is 0.776. The van der Waals surface area contributed by atoms with E-state index < -0.39 is 12.0 Å². The van der Waals surface area contributed by atoms with Crippen molar-refractivity contribution >= 4 is 11.6 Å². The lowest BCUT2D eigenvalue weighted by Gasteiger charge is -2.02. The average molecular weight is 248 g/mol. The number of hydrogen-bond acceptors (Lipinski definition) is 2. The third-order valence-electron chi connectivity index (χ3n) is 1.84. The zero-order chi connectivity index (χ0) is 11.8. The minimum absolute atomic E-state index is 0.307. The molecule has 0 aliphatic carbocycles. The molecule has 16 heavy (non-hydrogen) atoms. The van der Waals surface area contributed by atoms with Crippen molar-refractivity contribution < 1.29 is 13.2 Å². The first-order valence-electron chi connectivity index (χ1n) is 4.22. The lowest BCUT2D eigenvalue weighted by atomic mass is 10.3. The molecule has 0 atom stereocenters. The van der Waals surface area contributed by atoms with Gasteiger partial charge in [0.05, 0.1) is 10.7 Å². The molecule has 84 valence electrons. The molecule has 7 heteroatoms.